The summed E-state index contributed by atoms with van der Waals surface area (Å²) in [5.74, 6) is 0.818. The van der Waals surface area contributed by atoms with Crippen molar-refractivity contribution in [3.8, 4) is 0 Å². The molecule has 1 rings (SSSR count). The zero-order valence-corrected chi connectivity index (χ0v) is 6.54. The molecule has 0 aromatic carbocycles. The van der Waals surface area contributed by atoms with Crippen LogP contribution >= 0.6 is 0 Å². The largest absolute Gasteiger partial charge is 0.367 e. The predicted octanol–water partition coefficient (Wildman–Crippen LogP) is 0.156. The van der Waals surface area contributed by atoms with E-state index >= 15 is 0 Å². The summed E-state index contributed by atoms with van der Waals surface area (Å²) in [4.78, 5) is 8.15. The summed E-state index contributed by atoms with van der Waals surface area (Å²) in [5, 5.41) is 3.06. The Morgan fingerprint density at radius 1 is 1.45 bits per heavy atom. The maximum atomic E-state index is 5.32. The molecule has 60 valence electrons. The van der Waals surface area contributed by atoms with Gasteiger partial charge in [0.1, 0.15) is 5.82 Å². The Morgan fingerprint density at radius 3 is 2.82 bits per heavy atom. The topological polar surface area (TPSA) is 63.8 Å². The third kappa shape index (κ3) is 2.16. The fourth-order valence-corrected chi connectivity index (χ4v) is 0.772. The first-order valence-electron chi connectivity index (χ1n) is 3.56. The van der Waals surface area contributed by atoms with Crippen LogP contribution in [0.5, 0.6) is 0 Å². The van der Waals surface area contributed by atoms with Gasteiger partial charge < -0.3 is 11.1 Å². The third-order valence-electron chi connectivity index (χ3n) is 1.32. The standard InChI is InChI=1S/C7H12N4/c1-6-7(10-3-2-8)11-5-4-9-6/h4-5H,2-3,8H2,1H3,(H,10,11). The first-order chi connectivity index (χ1) is 5.34. The summed E-state index contributed by atoms with van der Waals surface area (Å²) >= 11 is 0. The van der Waals surface area contributed by atoms with Gasteiger partial charge in [-0.2, -0.15) is 0 Å². The van der Waals surface area contributed by atoms with Crippen LogP contribution in [-0.4, -0.2) is 23.1 Å². The highest BCUT2D eigenvalue weighted by atomic mass is 15.0. The van der Waals surface area contributed by atoms with Crippen molar-refractivity contribution < 1.29 is 0 Å². The molecule has 0 saturated carbocycles. The molecule has 0 atom stereocenters. The fraction of sp³-hybridized carbons (Fsp3) is 0.429. The van der Waals surface area contributed by atoms with E-state index in [1.807, 2.05) is 6.92 Å². The Hall–Kier alpha value is -1.16. The van der Waals surface area contributed by atoms with Crippen molar-refractivity contribution >= 4 is 5.82 Å². The van der Waals surface area contributed by atoms with Gasteiger partial charge in [-0.05, 0) is 6.92 Å². The van der Waals surface area contributed by atoms with Crippen molar-refractivity contribution in [2.45, 2.75) is 6.92 Å². The molecule has 11 heavy (non-hydrogen) atoms. The third-order valence-corrected chi connectivity index (χ3v) is 1.32. The van der Waals surface area contributed by atoms with Crippen molar-refractivity contribution in [2.24, 2.45) is 5.73 Å². The molecule has 0 fully saturated rings. The number of nitrogens with zero attached hydrogens (tertiary/aromatic N) is 2. The van der Waals surface area contributed by atoms with Gasteiger partial charge in [-0.15, -0.1) is 0 Å². The first-order valence-corrected chi connectivity index (χ1v) is 3.56. The van der Waals surface area contributed by atoms with Crippen LogP contribution in [0, 0.1) is 6.92 Å². The molecule has 0 aliphatic heterocycles. The van der Waals surface area contributed by atoms with Gasteiger partial charge >= 0.3 is 0 Å². The molecule has 0 amide bonds. The molecule has 1 aromatic heterocycles. The van der Waals surface area contributed by atoms with Crippen LogP contribution in [-0.2, 0) is 0 Å². The molecule has 1 aromatic rings. The molecule has 0 radical (unpaired) electrons. The molecular weight excluding hydrogens is 140 g/mol. The lowest BCUT2D eigenvalue weighted by Crippen LogP contribution is -2.14. The van der Waals surface area contributed by atoms with Crippen molar-refractivity contribution in [1.82, 2.24) is 9.97 Å². The van der Waals surface area contributed by atoms with E-state index in [4.69, 9.17) is 5.73 Å². The van der Waals surface area contributed by atoms with Gasteiger partial charge in [0, 0.05) is 25.5 Å². The van der Waals surface area contributed by atoms with Crippen LogP contribution in [0.3, 0.4) is 0 Å². The van der Waals surface area contributed by atoms with E-state index in [0.29, 0.717) is 6.54 Å². The van der Waals surface area contributed by atoms with E-state index in [0.717, 1.165) is 18.1 Å². The van der Waals surface area contributed by atoms with Crippen LogP contribution in [0.25, 0.3) is 0 Å². The lowest BCUT2D eigenvalue weighted by molar-refractivity contribution is 0.992. The van der Waals surface area contributed by atoms with Crippen LogP contribution in [0.1, 0.15) is 5.69 Å². The van der Waals surface area contributed by atoms with Crippen LogP contribution < -0.4 is 11.1 Å². The predicted molar refractivity (Wildman–Crippen MR) is 44.3 cm³/mol. The second-order valence-corrected chi connectivity index (χ2v) is 2.21. The van der Waals surface area contributed by atoms with Crippen LogP contribution in [0.15, 0.2) is 12.4 Å². The van der Waals surface area contributed by atoms with Crippen molar-refractivity contribution in [3.63, 3.8) is 0 Å². The zero-order valence-electron chi connectivity index (χ0n) is 6.54. The normalized spacial score (nSPS) is 9.64. The molecule has 4 nitrogen and oxygen atoms in total. The molecule has 4 heteroatoms. The number of nitrogens with two attached hydrogens (primary N) is 1. The van der Waals surface area contributed by atoms with Gasteiger partial charge in [0.2, 0.25) is 0 Å². The number of aryl methyl sites for hydroxylation is 1. The molecular formula is C7H12N4. The SMILES string of the molecule is Cc1nccnc1NCCN. The molecule has 0 aliphatic rings. The summed E-state index contributed by atoms with van der Waals surface area (Å²) in [5.41, 5.74) is 6.22. The van der Waals surface area contributed by atoms with Crippen molar-refractivity contribution in [1.29, 1.82) is 0 Å². The van der Waals surface area contributed by atoms with Crippen molar-refractivity contribution in [3.05, 3.63) is 18.1 Å². The number of hydrogen-bond acceptors (Lipinski definition) is 4. The number of aromatic nitrogens is 2. The van der Waals surface area contributed by atoms with E-state index in [9.17, 15) is 0 Å². The quantitative estimate of drug-likeness (QED) is 0.647. The zero-order chi connectivity index (χ0) is 8.10. The highest BCUT2D eigenvalue weighted by Gasteiger charge is 1.95. The average Bonchev–Trinajstić information content (AvgIpc) is 2.03. The number of anilines is 1. The Bertz CT molecular complexity index is 223. The number of hydrogen-bond donors (Lipinski definition) is 2. The van der Waals surface area contributed by atoms with E-state index in [1.165, 1.54) is 0 Å². The van der Waals surface area contributed by atoms with E-state index in [2.05, 4.69) is 15.3 Å². The Kier molecular flexibility index (Phi) is 2.80. The molecule has 1 heterocycles. The van der Waals surface area contributed by atoms with E-state index < -0.39 is 0 Å². The van der Waals surface area contributed by atoms with Gasteiger partial charge in [-0.3, -0.25) is 4.98 Å². The minimum atomic E-state index is 0.607. The van der Waals surface area contributed by atoms with Gasteiger partial charge in [-0.25, -0.2) is 4.98 Å². The summed E-state index contributed by atoms with van der Waals surface area (Å²) in [6.07, 6.45) is 3.33. The summed E-state index contributed by atoms with van der Waals surface area (Å²) in [7, 11) is 0. The van der Waals surface area contributed by atoms with Gasteiger partial charge in [-0.1, -0.05) is 0 Å². The molecule has 3 N–H and O–H groups in total. The molecule has 0 unspecified atom stereocenters. The minimum absolute atomic E-state index is 0.607. The second kappa shape index (κ2) is 3.88. The Balaban J connectivity index is 2.62. The number of rotatable bonds is 3. The van der Waals surface area contributed by atoms with Crippen LogP contribution in [0.2, 0.25) is 0 Å². The second-order valence-electron chi connectivity index (χ2n) is 2.21. The first kappa shape index (κ1) is 7.94. The minimum Gasteiger partial charge on any atom is -0.367 e. The monoisotopic (exact) mass is 152 g/mol. The lowest BCUT2D eigenvalue weighted by Gasteiger charge is -2.04. The lowest BCUT2D eigenvalue weighted by atomic mass is 10.4. The molecule has 0 bridgehead atoms. The molecule has 0 spiro atoms. The van der Waals surface area contributed by atoms with Crippen LogP contribution in [0.4, 0.5) is 5.82 Å². The Morgan fingerprint density at radius 2 is 2.18 bits per heavy atom. The highest BCUT2D eigenvalue weighted by molar-refractivity contribution is 5.37. The summed E-state index contributed by atoms with van der Waals surface area (Å²) in [6.45, 7) is 3.25. The summed E-state index contributed by atoms with van der Waals surface area (Å²) < 4.78 is 0. The smallest absolute Gasteiger partial charge is 0.147 e. The van der Waals surface area contributed by atoms with Gasteiger partial charge in [0.25, 0.3) is 0 Å². The molecule has 0 aliphatic carbocycles. The Labute approximate surface area is 65.9 Å². The summed E-state index contributed by atoms with van der Waals surface area (Å²) in [6, 6.07) is 0. The fourth-order valence-electron chi connectivity index (χ4n) is 0.772. The van der Waals surface area contributed by atoms with Gasteiger partial charge in [0.15, 0.2) is 0 Å². The number of nitrogens with one attached hydrogen (secondary N) is 1. The molecule has 0 saturated heterocycles. The average molecular weight is 152 g/mol. The highest BCUT2D eigenvalue weighted by Crippen LogP contribution is 2.03. The van der Waals surface area contributed by atoms with E-state index in [-0.39, 0.29) is 0 Å². The van der Waals surface area contributed by atoms with E-state index in [1.54, 1.807) is 12.4 Å². The van der Waals surface area contributed by atoms with Gasteiger partial charge in [0.05, 0.1) is 5.69 Å². The maximum absolute atomic E-state index is 5.32. The van der Waals surface area contributed by atoms with Crippen molar-refractivity contribution in [2.75, 3.05) is 18.4 Å². The maximum Gasteiger partial charge on any atom is 0.147 e.